The van der Waals surface area contributed by atoms with Crippen molar-refractivity contribution in [1.29, 1.82) is 0 Å². The molecule has 0 unspecified atom stereocenters. The van der Waals surface area contributed by atoms with Crippen molar-refractivity contribution in [2.75, 3.05) is 0 Å². The molecule has 0 saturated heterocycles. The minimum atomic E-state index is -0.113. The lowest BCUT2D eigenvalue weighted by Gasteiger charge is -2.23. The highest BCUT2D eigenvalue weighted by molar-refractivity contribution is 6.05. The van der Waals surface area contributed by atoms with Gasteiger partial charge in [-0.15, -0.1) is 0 Å². The normalized spacial score (nSPS) is 12.7. The molecule has 0 aliphatic carbocycles. The Morgan fingerprint density at radius 2 is 0.740 bits per heavy atom. The van der Waals surface area contributed by atoms with Gasteiger partial charge in [0.15, 0.2) is 10.9 Å². The lowest BCUT2D eigenvalue weighted by molar-refractivity contribution is 0.590. The van der Waals surface area contributed by atoms with Crippen molar-refractivity contribution in [3.63, 3.8) is 0 Å². The van der Waals surface area contributed by atoms with E-state index in [9.17, 15) is 9.59 Å². The number of nitrogens with zero attached hydrogens (tertiary/aromatic N) is 2. The molecule has 7 aromatic rings. The van der Waals surface area contributed by atoms with Crippen molar-refractivity contribution in [1.82, 2.24) is 9.13 Å². The van der Waals surface area contributed by atoms with Crippen LogP contribution in [0.5, 0.6) is 0 Å². The summed E-state index contributed by atoms with van der Waals surface area (Å²) in [5.74, 6) is 0.784. The largest absolute Gasteiger partial charge is 0.309 e. The van der Waals surface area contributed by atoms with Gasteiger partial charge < -0.3 is 9.13 Å². The molecule has 0 N–H and O–H groups in total. The average Bonchev–Trinajstić information content (AvgIpc) is 3.07. The van der Waals surface area contributed by atoms with Gasteiger partial charge in [0.1, 0.15) is 0 Å². The summed E-state index contributed by atoms with van der Waals surface area (Å²) in [7, 11) is 0. The smallest absolute Gasteiger partial charge is 0.197 e. The van der Waals surface area contributed by atoms with Crippen LogP contribution >= 0.6 is 0 Å². The van der Waals surface area contributed by atoms with Crippen LogP contribution in [0.1, 0.15) is 103 Å². The first-order chi connectivity index (χ1) is 23.5. The number of aromatic nitrogens is 2. The van der Waals surface area contributed by atoms with Gasteiger partial charge in [0, 0.05) is 32.9 Å². The molecule has 4 heteroatoms. The Bertz CT molecular complexity index is 2390. The first-order valence-corrected chi connectivity index (χ1v) is 17.9. The molecule has 2 heterocycles. The molecular formula is C46H48N2O2. The average molecular weight is 661 g/mol. The second-order valence-electron chi connectivity index (χ2n) is 16.7. The van der Waals surface area contributed by atoms with Crippen molar-refractivity contribution in [2.24, 2.45) is 0 Å². The van der Waals surface area contributed by atoms with E-state index in [0.717, 1.165) is 44.6 Å². The minimum Gasteiger partial charge on any atom is -0.309 e. The van der Waals surface area contributed by atoms with Crippen LogP contribution in [0.3, 0.4) is 0 Å². The van der Waals surface area contributed by atoms with Crippen molar-refractivity contribution in [3.8, 4) is 11.4 Å². The van der Waals surface area contributed by atoms with Gasteiger partial charge in [0.05, 0.1) is 22.1 Å². The van der Waals surface area contributed by atoms with Crippen LogP contribution in [0.4, 0.5) is 0 Å². The number of pyridine rings is 2. The zero-order chi connectivity index (χ0) is 35.9. The molecule has 4 nitrogen and oxygen atoms in total. The van der Waals surface area contributed by atoms with E-state index in [4.69, 9.17) is 0 Å². The molecule has 0 fully saturated rings. The van der Waals surface area contributed by atoms with Gasteiger partial charge in [-0.1, -0.05) is 106 Å². The summed E-state index contributed by atoms with van der Waals surface area (Å²) in [6.45, 7) is 21.9. The van der Waals surface area contributed by atoms with Crippen LogP contribution in [-0.4, -0.2) is 9.13 Å². The maximum atomic E-state index is 14.6. The molecule has 0 saturated carbocycles. The van der Waals surface area contributed by atoms with Gasteiger partial charge in [-0.3, -0.25) is 9.59 Å². The van der Waals surface area contributed by atoms with Crippen LogP contribution in [0.25, 0.3) is 55.0 Å². The predicted molar refractivity (Wildman–Crippen MR) is 213 cm³/mol. The molecule has 50 heavy (non-hydrogen) atoms. The Morgan fingerprint density at radius 3 is 1.04 bits per heavy atom. The second-order valence-corrected chi connectivity index (χ2v) is 16.7. The summed E-state index contributed by atoms with van der Waals surface area (Å²) in [6.07, 6.45) is 0. The number of rotatable bonds is 4. The van der Waals surface area contributed by atoms with Gasteiger partial charge >= 0.3 is 0 Å². The molecule has 0 spiro atoms. The third kappa shape index (κ3) is 5.55. The van der Waals surface area contributed by atoms with Gasteiger partial charge in [0.2, 0.25) is 0 Å². The summed E-state index contributed by atoms with van der Waals surface area (Å²) >= 11 is 0. The third-order valence-corrected chi connectivity index (χ3v) is 10.4. The van der Waals surface area contributed by atoms with Gasteiger partial charge in [-0.25, -0.2) is 0 Å². The molecule has 254 valence electrons. The predicted octanol–water partition coefficient (Wildman–Crippen LogP) is 11.4. The second kappa shape index (κ2) is 11.8. The zero-order valence-corrected chi connectivity index (χ0v) is 31.1. The Balaban J connectivity index is 1.68. The molecule has 0 amide bonds. The van der Waals surface area contributed by atoms with Crippen molar-refractivity contribution < 1.29 is 0 Å². The highest BCUT2D eigenvalue weighted by Gasteiger charge is 2.22. The number of fused-ring (bicyclic) bond motifs is 4. The summed E-state index contributed by atoms with van der Waals surface area (Å²) in [6, 6.07) is 33.6. The lowest BCUT2D eigenvalue weighted by atomic mass is 9.86. The highest BCUT2D eigenvalue weighted by Crippen LogP contribution is 2.34. The van der Waals surface area contributed by atoms with Gasteiger partial charge in [-0.05, 0) is 106 Å². The Hall–Kier alpha value is -4.96. The molecule has 0 aliphatic heterocycles. The quantitative estimate of drug-likeness (QED) is 0.176. The van der Waals surface area contributed by atoms with Crippen molar-refractivity contribution >= 4 is 43.6 Å². The van der Waals surface area contributed by atoms with Crippen LogP contribution in [0.15, 0.2) is 107 Å². The Labute approximate surface area is 295 Å². The summed E-state index contributed by atoms with van der Waals surface area (Å²) in [5, 5.41) is 2.48. The molecule has 2 aromatic heterocycles. The summed E-state index contributed by atoms with van der Waals surface area (Å²) in [4.78, 5) is 29.2. The third-order valence-electron chi connectivity index (χ3n) is 10.4. The Morgan fingerprint density at radius 1 is 0.420 bits per heavy atom. The summed E-state index contributed by atoms with van der Waals surface area (Å²) < 4.78 is 4.36. The number of hydrogen-bond donors (Lipinski definition) is 0. The van der Waals surface area contributed by atoms with E-state index in [1.165, 1.54) is 11.1 Å². The molecule has 0 atom stereocenters. The maximum absolute atomic E-state index is 14.6. The van der Waals surface area contributed by atoms with Crippen LogP contribution in [0.2, 0.25) is 0 Å². The summed E-state index contributed by atoms with van der Waals surface area (Å²) in [5.41, 5.74) is 9.52. The van der Waals surface area contributed by atoms with E-state index < -0.39 is 0 Å². The van der Waals surface area contributed by atoms with E-state index in [-0.39, 0.29) is 21.7 Å². The van der Waals surface area contributed by atoms with Crippen molar-refractivity contribution in [3.05, 3.63) is 140 Å². The SMILES string of the molecule is CC(C)c1ccc(-n2c3cc(C(C)(C)C)ccc3c(=O)c3cc4c(cc32)c(=O)c2ccc(C(C)(C)C)cc2n4-c2ccc(C(C)C)cc2)cc1. The fraction of sp³-hybridized carbons (Fsp3) is 0.304. The number of benzene rings is 5. The molecule has 0 radical (unpaired) electrons. The first kappa shape index (κ1) is 33.5. The molecule has 0 bridgehead atoms. The molecular weight excluding hydrogens is 613 g/mol. The van der Waals surface area contributed by atoms with Crippen LogP contribution in [0, 0.1) is 0 Å². The van der Waals surface area contributed by atoms with Gasteiger partial charge in [0.25, 0.3) is 0 Å². The standard InChI is InChI=1S/C46H48N2O2/c1-27(2)29-11-17-33(18-12-29)47-39-23-31(45(5,6)7)15-21-35(39)43(49)37-26-42-38(25-41(37)47)44(50)36-22-16-32(46(8,9)10)24-40(36)48(42)34-19-13-30(14-20-34)28(3)4/h11-28H,1-10H3. The fourth-order valence-electron chi connectivity index (χ4n) is 7.18. The molecule has 5 aromatic carbocycles. The monoisotopic (exact) mass is 660 g/mol. The van der Waals surface area contributed by atoms with Crippen molar-refractivity contribution in [2.45, 2.75) is 91.9 Å². The fourth-order valence-corrected chi connectivity index (χ4v) is 7.18. The first-order valence-electron chi connectivity index (χ1n) is 17.9. The van der Waals surface area contributed by atoms with E-state index >= 15 is 0 Å². The van der Waals surface area contributed by atoms with E-state index in [1.54, 1.807) is 0 Å². The molecule has 0 aliphatic rings. The zero-order valence-electron chi connectivity index (χ0n) is 31.1. The van der Waals surface area contributed by atoms with Crippen LogP contribution < -0.4 is 10.9 Å². The maximum Gasteiger partial charge on any atom is 0.197 e. The van der Waals surface area contributed by atoms with E-state index in [0.29, 0.717) is 33.4 Å². The topological polar surface area (TPSA) is 44.0 Å². The van der Waals surface area contributed by atoms with Crippen LogP contribution in [-0.2, 0) is 10.8 Å². The number of hydrogen-bond acceptors (Lipinski definition) is 2. The molecule has 7 rings (SSSR count). The van der Waals surface area contributed by atoms with E-state index in [2.05, 4.69) is 151 Å². The van der Waals surface area contributed by atoms with Gasteiger partial charge in [-0.2, -0.15) is 0 Å². The Kier molecular flexibility index (Phi) is 7.93. The lowest BCUT2D eigenvalue weighted by Crippen LogP contribution is -2.17. The minimum absolute atomic E-state index is 0.0369. The highest BCUT2D eigenvalue weighted by atomic mass is 16.1. The van der Waals surface area contributed by atoms with E-state index in [1.807, 2.05) is 24.3 Å².